The van der Waals surface area contributed by atoms with Crippen LogP contribution in [-0.4, -0.2) is 36.3 Å². The van der Waals surface area contributed by atoms with Crippen LogP contribution in [0.5, 0.6) is 5.75 Å². The predicted molar refractivity (Wildman–Crippen MR) is 96.2 cm³/mol. The van der Waals surface area contributed by atoms with Crippen molar-refractivity contribution in [2.75, 3.05) is 20.7 Å². The zero-order valence-electron chi connectivity index (χ0n) is 15.7. The quantitative estimate of drug-likeness (QED) is 0.896. The molecule has 2 aliphatic carbocycles. The lowest BCUT2D eigenvalue weighted by atomic mass is 9.58. The highest BCUT2D eigenvalue weighted by Crippen LogP contribution is 2.72. The van der Waals surface area contributed by atoms with Gasteiger partial charge in [0.25, 0.3) is 0 Å². The first-order chi connectivity index (χ1) is 11.2. The van der Waals surface area contributed by atoms with Gasteiger partial charge in [-0.25, -0.2) is 0 Å². The predicted octanol–water partition coefficient (Wildman–Crippen LogP) is 3.80. The number of aliphatic hydroxyl groups is 1. The second kappa shape index (κ2) is 4.98. The average Bonchev–Trinajstić information content (AvgIpc) is 2.85. The van der Waals surface area contributed by atoms with Crippen molar-refractivity contribution in [2.24, 2.45) is 16.7 Å². The highest BCUT2D eigenvalue weighted by atomic mass is 16.5. The minimum Gasteiger partial charge on any atom is -0.497 e. The highest BCUT2D eigenvalue weighted by molar-refractivity contribution is 5.42. The van der Waals surface area contributed by atoms with Gasteiger partial charge < -0.3 is 14.7 Å². The largest absolute Gasteiger partial charge is 0.497 e. The smallest absolute Gasteiger partial charge is 0.119 e. The maximum absolute atomic E-state index is 12.0. The van der Waals surface area contributed by atoms with Gasteiger partial charge in [-0.3, -0.25) is 0 Å². The lowest BCUT2D eigenvalue weighted by Gasteiger charge is -2.52. The third-order valence-electron chi connectivity index (χ3n) is 8.19. The van der Waals surface area contributed by atoms with E-state index in [0.717, 1.165) is 31.7 Å². The molecule has 2 saturated carbocycles. The molecule has 1 aliphatic heterocycles. The third kappa shape index (κ3) is 1.86. The first-order valence-electron chi connectivity index (χ1n) is 9.31. The van der Waals surface area contributed by atoms with Gasteiger partial charge in [0.1, 0.15) is 5.75 Å². The van der Waals surface area contributed by atoms with Crippen molar-refractivity contribution in [3.05, 3.63) is 29.3 Å². The van der Waals surface area contributed by atoms with Gasteiger partial charge in [-0.05, 0) is 60.9 Å². The molecule has 2 bridgehead atoms. The number of fused-ring (bicyclic) bond motifs is 3. The van der Waals surface area contributed by atoms with Crippen LogP contribution in [0.2, 0.25) is 0 Å². The Morgan fingerprint density at radius 3 is 2.58 bits per heavy atom. The van der Waals surface area contributed by atoms with Crippen LogP contribution in [0.15, 0.2) is 18.2 Å². The van der Waals surface area contributed by atoms with E-state index < -0.39 is 5.60 Å². The molecule has 0 radical (unpaired) electrons. The van der Waals surface area contributed by atoms with Crippen molar-refractivity contribution in [1.29, 1.82) is 0 Å². The Kier molecular flexibility index (Phi) is 3.41. The highest BCUT2D eigenvalue weighted by Gasteiger charge is 2.70. The summed E-state index contributed by atoms with van der Waals surface area (Å²) >= 11 is 0. The van der Waals surface area contributed by atoms with Gasteiger partial charge in [-0.15, -0.1) is 0 Å². The summed E-state index contributed by atoms with van der Waals surface area (Å²) in [6.45, 7) is 8.98. The van der Waals surface area contributed by atoms with E-state index in [1.807, 2.05) is 0 Å². The van der Waals surface area contributed by atoms with Gasteiger partial charge in [0, 0.05) is 24.4 Å². The fourth-order valence-corrected chi connectivity index (χ4v) is 6.22. The molecule has 0 spiro atoms. The molecule has 4 unspecified atom stereocenters. The molecule has 0 amide bonds. The first kappa shape index (κ1) is 16.4. The normalized spacial score (nSPS) is 40.6. The number of rotatable bonds is 2. The lowest BCUT2D eigenvalue weighted by molar-refractivity contribution is -0.115. The van der Waals surface area contributed by atoms with Crippen LogP contribution in [0, 0.1) is 16.7 Å². The summed E-state index contributed by atoms with van der Waals surface area (Å²) in [7, 11) is 3.89. The van der Waals surface area contributed by atoms with Crippen LogP contribution in [0.1, 0.15) is 57.1 Å². The lowest BCUT2D eigenvalue weighted by Crippen LogP contribution is -2.54. The van der Waals surface area contributed by atoms with Gasteiger partial charge in [0.2, 0.25) is 0 Å². The Morgan fingerprint density at radius 1 is 1.25 bits per heavy atom. The maximum Gasteiger partial charge on any atom is 0.119 e. The number of hydrogen-bond donors (Lipinski definition) is 1. The minimum absolute atomic E-state index is 0.00922. The SMILES string of the molecule is COc1ccc2c(c1)CN(C)CC2C1(O)CC2CCC1(C)C2(C)C. The molecule has 132 valence electrons. The Bertz CT molecular complexity index is 670. The molecular formula is C21H31NO2. The molecule has 3 aliphatic rings. The van der Waals surface area contributed by atoms with E-state index in [4.69, 9.17) is 4.74 Å². The number of methoxy groups -OCH3 is 1. The van der Waals surface area contributed by atoms with Crippen molar-refractivity contribution in [2.45, 2.75) is 58.1 Å². The Labute approximate surface area is 146 Å². The van der Waals surface area contributed by atoms with E-state index in [2.05, 4.69) is 50.9 Å². The third-order valence-corrected chi connectivity index (χ3v) is 8.19. The Hall–Kier alpha value is -1.06. The van der Waals surface area contributed by atoms with Gasteiger partial charge in [-0.2, -0.15) is 0 Å². The van der Waals surface area contributed by atoms with E-state index in [1.165, 1.54) is 17.5 Å². The monoisotopic (exact) mass is 329 g/mol. The molecule has 0 aromatic heterocycles. The summed E-state index contributed by atoms with van der Waals surface area (Å²) in [6.07, 6.45) is 3.36. The second-order valence-corrected chi connectivity index (χ2v) is 9.23. The zero-order valence-corrected chi connectivity index (χ0v) is 15.7. The average molecular weight is 329 g/mol. The maximum atomic E-state index is 12.0. The molecule has 0 saturated heterocycles. The second-order valence-electron chi connectivity index (χ2n) is 9.23. The molecule has 3 heteroatoms. The van der Waals surface area contributed by atoms with E-state index >= 15 is 0 Å². The molecule has 4 rings (SSSR count). The molecule has 1 aromatic rings. The van der Waals surface area contributed by atoms with Crippen LogP contribution in [-0.2, 0) is 6.54 Å². The first-order valence-corrected chi connectivity index (χ1v) is 9.31. The summed E-state index contributed by atoms with van der Waals surface area (Å²) in [4.78, 5) is 2.35. The molecule has 3 nitrogen and oxygen atoms in total. The molecule has 2 fully saturated rings. The van der Waals surface area contributed by atoms with Gasteiger partial charge in [0.05, 0.1) is 12.7 Å². The van der Waals surface area contributed by atoms with E-state index in [1.54, 1.807) is 7.11 Å². The number of hydrogen-bond acceptors (Lipinski definition) is 3. The van der Waals surface area contributed by atoms with E-state index in [-0.39, 0.29) is 16.7 Å². The van der Waals surface area contributed by atoms with E-state index in [9.17, 15) is 5.11 Å². The molecule has 24 heavy (non-hydrogen) atoms. The Morgan fingerprint density at radius 2 is 2.00 bits per heavy atom. The fourth-order valence-electron chi connectivity index (χ4n) is 6.22. The Balaban J connectivity index is 1.81. The summed E-state index contributed by atoms with van der Waals surface area (Å²) in [5, 5.41) is 12.0. The number of benzene rings is 1. The molecule has 1 heterocycles. The minimum atomic E-state index is -0.614. The van der Waals surface area contributed by atoms with Crippen molar-refractivity contribution in [3.8, 4) is 5.75 Å². The van der Waals surface area contributed by atoms with E-state index in [0.29, 0.717) is 5.92 Å². The summed E-state index contributed by atoms with van der Waals surface area (Å²) in [5.41, 5.74) is 2.23. The van der Waals surface area contributed by atoms with Crippen LogP contribution < -0.4 is 4.74 Å². The van der Waals surface area contributed by atoms with Crippen LogP contribution in [0.3, 0.4) is 0 Å². The van der Waals surface area contributed by atoms with Crippen LogP contribution >= 0.6 is 0 Å². The van der Waals surface area contributed by atoms with Crippen molar-refractivity contribution in [1.82, 2.24) is 4.90 Å². The summed E-state index contributed by atoms with van der Waals surface area (Å²) < 4.78 is 5.42. The summed E-state index contributed by atoms with van der Waals surface area (Å²) in [5.74, 6) is 1.74. The van der Waals surface area contributed by atoms with Gasteiger partial charge in [-0.1, -0.05) is 26.8 Å². The molecule has 1 N–H and O–H groups in total. The van der Waals surface area contributed by atoms with Gasteiger partial charge >= 0.3 is 0 Å². The van der Waals surface area contributed by atoms with Gasteiger partial charge in [0.15, 0.2) is 0 Å². The topological polar surface area (TPSA) is 32.7 Å². The number of nitrogens with zero attached hydrogens (tertiary/aromatic N) is 1. The molecule has 1 aromatic carbocycles. The molecular weight excluding hydrogens is 298 g/mol. The molecule has 4 atom stereocenters. The zero-order chi connectivity index (χ0) is 17.3. The van der Waals surface area contributed by atoms with Crippen molar-refractivity contribution >= 4 is 0 Å². The fraction of sp³-hybridized carbons (Fsp3) is 0.714. The van der Waals surface area contributed by atoms with Crippen LogP contribution in [0.25, 0.3) is 0 Å². The number of ether oxygens (including phenoxy) is 1. The standard InChI is InChI=1S/C21H31NO2/c1-19(2)15-8-9-20(19,3)21(23,11-15)18-13-22(4)12-14-10-16(24-5)6-7-17(14)18/h6-7,10,15,18,23H,8-9,11-13H2,1-5H3. The van der Waals surface area contributed by atoms with Crippen molar-refractivity contribution in [3.63, 3.8) is 0 Å². The summed E-state index contributed by atoms with van der Waals surface area (Å²) in [6, 6.07) is 6.41. The number of likely N-dealkylation sites (N-methyl/N-ethyl adjacent to an activating group) is 1. The van der Waals surface area contributed by atoms with Crippen LogP contribution in [0.4, 0.5) is 0 Å². The van der Waals surface area contributed by atoms with Crippen molar-refractivity contribution < 1.29 is 9.84 Å².